The molecule has 44 heavy (non-hydrogen) atoms. The summed E-state index contributed by atoms with van der Waals surface area (Å²) in [6.07, 6.45) is -8.25. The second-order valence-corrected chi connectivity index (χ2v) is 9.09. The van der Waals surface area contributed by atoms with Crippen LogP contribution in [0.5, 0.6) is 0 Å². The summed E-state index contributed by atoms with van der Waals surface area (Å²) in [6.45, 7) is -0.238. The molecule has 1 saturated heterocycles. The van der Waals surface area contributed by atoms with Gasteiger partial charge in [-0.3, -0.25) is 0 Å². The summed E-state index contributed by atoms with van der Waals surface area (Å²) in [4.78, 5) is 15.5. The molecule has 0 bridgehead atoms. The molecule has 11 N–H and O–H groups in total. The fraction of sp³-hybridized carbons (Fsp3) is 0.640. The molecule has 0 amide bonds. The van der Waals surface area contributed by atoms with Crippen LogP contribution >= 0.6 is 0 Å². The SMILES string of the molecule is C#CC#CC#C.CC1OC(OC(C(O)CO)C(O)C(O)C=O)C(O)C(O)C1NC1C=C(CO)C(OOOOOO)C(O)C1O.[HH].[HH].[HH].[HH]. The van der Waals surface area contributed by atoms with Crippen LogP contribution in [0.25, 0.3) is 0 Å². The zero-order chi connectivity index (χ0) is 33.4. The van der Waals surface area contributed by atoms with Gasteiger partial charge in [-0.2, -0.15) is 4.89 Å². The van der Waals surface area contributed by atoms with E-state index in [1.165, 1.54) is 13.0 Å². The first-order valence-electron chi connectivity index (χ1n) is 12.5. The molecule has 19 nitrogen and oxygen atoms in total. The summed E-state index contributed by atoms with van der Waals surface area (Å²) >= 11 is 0. The summed E-state index contributed by atoms with van der Waals surface area (Å²) in [5.41, 5.74) is -0.0296. The Labute approximate surface area is 256 Å². The lowest BCUT2D eigenvalue weighted by atomic mass is 9.86. The molecule has 19 heteroatoms. The van der Waals surface area contributed by atoms with Crippen LogP contribution in [0.3, 0.4) is 0 Å². The summed E-state index contributed by atoms with van der Waals surface area (Å²) < 4.78 is 10.8. The number of aliphatic hydroxyl groups excluding tert-OH is 9. The summed E-state index contributed by atoms with van der Waals surface area (Å²) in [5.74, 6) is 8.61. The minimum Gasteiger partial charge on any atom is -0.394 e. The van der Waals surface area contributed by atoms with Gasteiger partial charge < -0.3 is 65.5 Å². The Morgan fingerprint density at radius 3 is 2.18 bits per heavy atom. The Balaban J connectivity index is -0.000000884. The first-order valence-corrected chi connectivity index (χ1v) is 12.5. The molecule has 13 unspecified atom stereocenters. The van der Waals surface area contributed by atoms with Gasteiger partial charge in [0.15, 0.2) is 12.6 Å². The predicted octanol–water partition coefficient (Wildman–Crippen LogP) is -5.08. The Hall–Kier alpha value is -2.63. The van der Waals surface area contributed by atoms with E-state index in [9.17, 15) is 50.8 Å². The quantitative estimate of drug-likeness (QED) is 0.0198. The van der Waals surface area contributed by atoms with Gasteiger partial charge >= 0.3 is 0 Å². The number of hydrogen-bond donors (Lipinski definition) is 11. The Morgan fingerprint density at radius 1 is 1.02 bits per heavy atom. The van der Waals surface area contributed by atoms with Crippen LogP contribution in [-0.2, 0) is 39.3 Å². The standard InChI is InChI=1S/C19H33NO18.C6H2.4H2/c1-6-11(20-8-2-7(3-21)17(15(29)12(8)26)34-36-38-37-35-31)14(28)16(30)19(32-6)33-18(10(25)5-23)13(27)9(24)4-22;1-3-5-6-4-2;;;;/h2,4,6,8-21,23-31H,3,5H2,1H3;1-2H;4*1H. The van der Waals surface area contributed by atoms with Crippen LogP contribution in [-0.4, -0.2) is 150 Å². The normalized spacial score (nSPS) is 32.6. The minimum absolute atomic E-state index is 0. The molecular formula is C25H43NO18. The largest absolute Gasteiger partial charge is 0.394 e. The monoisotopic (exact) mass is 645 g/mol. The molecule has 1 aliphatic heterocycles. The second-order valence-electron chi connectivity index (χ2n) is 9.09. The number of carbonyl (C=O) groups excluding carboxylic acids is 1. The van der Waals surface area contributed by atoms with Gasteiger partial charge in [0.1, 0.15) is 54.9 Å². The van der Waals surface area contributed by atoms with E-state index in [0.717, 1.165) is 0 Å². The average Bonchev–Trinajstić information content (AvgIpc) is 3.03. The molecule has 2 rings (SSSR count). The highest BCUT2D eigenvalue weighted by Crippen LogP contribution is 2.28. The Bertz CT molecular complexity index is 1040. The number of hydrogen-bond acceptors (Lipinski definition) is 19. The van der Waals surface area contributed by atoms with Crippen LogP contribution in [0, 0.1) is 36.5 Å². The molecule has 1 fully saturated rings. The number of nitrogens with one attached hydrogen (secondary N) is 1. The van der Waals surface area contributed by atoms with Crippen molar-refractivity contribution in [2.45, 2.75) is 86.3 Å². The van der Waals surface area contributed by atoms with Crippen LogP contribution in [0.2, 0.25) is 0 Å². The Morgan fingerprint density at radius 2 is 1.66 bits per heavy atom. The van der Waals surface area contributed by atoms with Crippen molar-refractivity contribution in [2.24, 2.45) is 0 Å². The predicted molar refractivity (Wildman–Crippen MR) is 146 cm³/mol. The number of terminal acetylenes is 2. The lowest BCUT2D eigenvalue weighted by Gasteiger charge is -2.46. The second kappa shape index (κ2) is 20.4. The van der Waals surface area contributed by atoms with Gasteiger partial charge in [-0.05, 0) is 56.3 Å². The fourth-order valence-corrected chi connectivity index (χ4v) is 4.13. The third-order valence-corrected chi connectivity index (χ3v) is 6.33. The van der Waals surface area contributed by atoms with Crippen LogP contribution in [0.15, 0.2) is 11.6 Å². The molecule has 0 aromatic carbocycles. The number of aldehydes is 1. The van der Waals surface area contributed by atoms with Crippen LogP contribution in [0.4, 0.5) is 0 Å². The van der Waals surface area contributed by atoms with Crippen molar-refractivity contribution in [3.05, 3.63) is 11.6 Å². The topological polar surface area (TPSA) is 296 Å². The third kappa shape index (κ3) is 11.1. The van der Waals surface area contributed by atoms with E-state index in [4.69, 9.17) is 27.6 Å². The van der Waals surface area contributed by atoms with Crippen molar-refractivity contribution in [3.8, 4) is 36.5 Å². The maximum Gasteiger partial charge on any atom is 0.187 e. The zero-order valence-corrected chi connectivity index (χ0v) is 23.0. The number of aliphatic hydroxyl groups is 9. The van der Waals surface area contributed by atoms with Gasteiger partial charge in [0, 0.05) is 5.71 Å². The van der Waals surface area contributed by atoms with Crippen molar-refractivity contribution >= 4 is 6.29 Å². The molecule has 256 valence electrons. The molecular weight excluding hydrogens is 602 g/mol. The number of carbonyl (C=O) groups is 1. The van der Waals surface area contributed by atoms with Gasteiger partial charge in [-0.1, -0.05) is 6.08 Å². The summed E-state index contributed by atoms with van der Waals surface area (Å²) in [6, 6.07) is -2.31. The molecule has 1 heterocycles. The van der Waals surface area contributed by atoms with Gasteiger partial charge in [0.25, 0.3) is 0 Å². The molecule has 0 saturated carbocycles. The molecule has 0 aromatic heterocycles. The molecule has 1 aliphatic carbocycles. The van der Waals surface area contributed by atoms with Gasteiger partial charge in [-0.15, -0.1) is 12.8 Å². The van der Waals surface area contributed by atoms with E-state index in [0.29, 0.717) is 0 Å². The maximum atomic E-state index is 10.8. The van der Waals surface area contributed by atoms with Gasteiger partial charge in [0.2, 0.25) is 0 Å². The minimum atomic E-state index is -2.03. The van der Waals surface area contributed by atoms with E-state index in [2.05, 4.69) is 54.0 Å². The smallest absolute Gasteiger partial charge is 0.187 e. The lowest BCUT2D eigenvalue weighted by molar-refractivity contribution is -0.756. The summed E-state index contributed by atoms with van der Waals surface area (Å²) in [5, 5.41) is 116. The van der Waals surface area contributed by atoms with E-state index in [1.807, 2.05) is 0 Å². The molecule has 13 atom stereocenters. The Kier molecular flexibility index (Phi) is 18.3. The summed E-state index contributed by atoms with van der Waals surface area (Å²) in [7, 11) is 0. The molecule has 0 aromatic rings. The highest BCUT2D eigenvalue weighted by molar-refractivity contribution is 5.56. The van der Waals surface area contributed by atoms with Crippen molar-refractivity contribution < 1.29 is 96.2 Å². The first-order chi connectivity index (χ1) is 20.9. The van der Waals surface area contributed by atoms with Crippen molar-refractivity contribution in [2.75, 3.05) is 13.2 Å². The molecule has 2 aliphatic rings. The maximum absolute atomic E-state index is 10.8. The van der Waals surface area contributed by atoms with Crippen molar-refractivity contribution in [3.63, 3.8) is 0 Å². The van der Waals surface area contributed by atoms with E-state index in [1.54, 1.807) is 0 Å². The first kappa shape index (κ1) is 39.4. The van der Waals surface area contributed by atoms with Gasteiger partial charge in [-0.25, -0.2) is 5.26 Å². The van der Waals surface area contributed by atoms with E-state index in [-0.39, 0.29) is 17.6 Å². The highest BCUT2D eigenvalue weighted by atomic mass is 17.8. The number of rotatable bonds is 15. The fourth-order valence-electron chi connectivity index (χ4n) is 4.13. The van der Waals surface area contributed by atoms with Crippen molar-refractivity contribution in [1.29, 1.82) is 0 Å². The molecule has 0 spiro atoms. The van der Waals surface area contributed by atoms with Gasteiger partial charge in [0.05, 0.1) is 31.4 Å². The zero-order valence-electron chi connectivity index (χ0n) is 23.0. The van der Waals surface area contributed by atoms with E-state index < -0.39 is 92.6 Å². The van der Waals surface area contributed by atoms with Crippen LogP contribution in [0.1, 0.15) is 12.6 Å². The number of ether oxygens (including phenoxy) is 2. The third-order valence-electron chi connectivity index (χ3n) is 6.33. The van der Waals surface area contributed by atoms with Crippen LogP contribution < -0.4 is 5.32 Å². The lowest BCUT2D eigenvalue weighted by Crippen LogP contribution is -2.67. The van der Waals surface area contributed by atoms with Crippen molar-refractivity contribution in [1.82, 2.24) is 5.32 Å². The highest BCUT2D eigenvalue weighted by Gasteiger charge is 2.48. The molecule has 0 radical (unpaired) electrons. The van der Waals surface area contributed by atoms with E-state index >= 15 is 0 Å². The average molecular weight is 646 g/mol.